The van der Waals surface area contributed by atoms with Crippen LogP contribution in [0.4, 0.5) is 5.69 Å². The Bertz CT molecular complexity index is 442. The quantitative estimate of drug-likeness (QED) is 0.897. The Morgan fingerprint density at radius 3 is 2.85 bits per heavy atom. The zero-order chi connectivity index (χ0) is 14.1. The maximum Gasteiger partial charge on any atom is 0.0569 e. The maximum absolute atomic E-state index is 5.87. The number of fused-ring (bicyclic) bond motifs is 1. The van der Waals surface area contributed by atoms with Gasteiger partial charge in [-0.05, 0) is 45.4 Å². The summed E-state index contributed by atoms with van der Waals surface area (Å²) in [6.07, 6.45) is 6.08. The molecule has 0 bridgehead atoms. The van der Waals surface area contributed by atoms with E-state index >= 15 is 0 Å². The highest BCUT2D eigenvalue weighted by Crippen LogP contribution is 2.28. The Morgan fingerprint density at radius 2 is 2.15 bits per heavy atom. The minimum atomic E-state index is 0.0108. The molecule has 2 N–H and O–H groups in total. The number of anilines is 1. The molecular formula is C16H26N4. The molecule has 4 nitrogen and oxygen atoms in total. The second kappa shape index (κ2) is 5.70. The maximum atomic E-state index is 5.87. The van der Waals surface area contributed by atoms with Gasteiger partial charge in [-0.1, -0.05) is 6.42 Å². The number of piperazine rings is 1. The Morgan fingerprint density at radius 1 is 1.30 bits per heavy atom. The number of piperidine rings is 1. The van der Waals surface area contributed by atoms with Gasteiger partial charge in [0, 0.05) is 31.2 Å². The monoisotopic (exact) mass is 274 g/mol. The van der Waals surface area contributed by atoms with Crippen molar-refractivity contribution in [1.29, 1.82) is 0 Å². The number of pyridine rings is 1. The van der Waals surface area contributed by atoms with E-state index in [0.717, 1.165) is 18.3 Å². The molecule has 3 rings (SSSR count). The number of hydrogen-bond acceptors (Lipinski definition) is 4. The first-order valence-corrected chi connectivity index (χ1v) is 7.87. The third kappa shape index (κ3) is 2.67. The SMILES string of the molecule is CC1CN2CCCCC2CN1c1ccc([C@@H](C)N)nc1. The van der Waals surface area contributed by atoms with Crippen molar-refractivity contribution in [3.8, 4) is 0 Å². The smallest absolute Gasteiger partial charge is 0.0569 e. The minimum Gasteiger partial charge on any atom is -0.365 e. The highest BCUT2D eigenvalue weighted by molar-refractivity contribution is 5.47. The first kappa shape index (κ1) is 13.8. The summed E-state index contributed by atoms with van der Waals surface area (Å²) in [5.41, 5.74) is 8.09. The molecule has 4 heteroatoms. The molecule has 0 saturated carbocycles. The number of nitrogens with zero attached hydrogens (tertiary/aromatic N) is 3. The normalized spacial score (nSPS) is 29.1. The fourth-order valence-electron chi connectivity index (χ4n) is 3.55. The van der Waals surface area contributed by atoms with E-state index in [1.54, 1.807) is 0 Å². The van der Waals surface area contributed by atoms with Gasteiger partial charge in [0.1, 0.15) is 0 Å². The summed E-state index contributed by atoms with van der Waals surface area (Å²) in [5.74, 6) is 0. The van der Waals surface area contributed by atoms with Gasteiger partial charge in [0.25, 0.3) is 0 Å². The van der Waals surface area contributed by atoms with Gasteiger partial charge in [0.05, 0.1) is 17.6 Å². The Kier molecular flexibility index (Phi) is 3.94. The summed E-state index contributed by atoms with van der Waals surface area (Å²) < 4.78 is 0. The van der Waals surface area contributed by atoms with Crippen LogP contribution >= 0.6 is 0 Å². The van der Waals surface area contributed by atoms with E-state index in [0.29, 0.717) is 6.04 Å². The molecule has 2 fully saturated rings. The lowest BCUT2D eigenvalue weighted by Gasteiger charge is -2.48. The highest BCUT2D eigenvalue weighted by Gasteiger charge is 2.33. The average Bonchev–Trinajstić information content (AvgIpc) is 2.46. The first-order valence-electron chi connectivity index (χ1n) is 7.87. The molecule has 3 atom stereocenters. The van der Waals surface area contributed by atoms with Gasteiger partial charge in [0.2, 0.25) is 0 Å². The molecule has 2 aliphatic rings. The van der Waals surface area contributed by atoms with Crippen molar-refractivity contribution in [2.24, 2.45) is 5.73 Å². The zero-order valence-electron chi connectivity index (χ0n) is 12.6. The zero-order valence-corrected chi connectivity index (χ0v) is 12.6. The standard InChI is InChI=1S/C16H26N4/c1-12-10-19-8-4-3-5-15(19)11-20(12)14-6-7-16(13(2)17)18-9-14/h6-7,9,12-13,15H,3-5,8,10-11,17H2,1-2H3/t12?,13-,15?/m1/s1. The van der Waals surface area contributed by atoms with Crippen molar-refractivity contribution in [2.45, 2.75) is 51.2 Å². The fraction of sp³-hybridized carbons (Fsp3) is 0.688. The van der Waals surface area contributed by atoms with Crippen LogP contribution in [-0.4, -0.2) is 41.6 Å². The van der Waals surface area contributed by atoms with Crippen LogP contribution in [0.3, 0.4) is 0 Å². The van der Waals surface area contributed by atoms with E-state index in [-0.39, 0.29) is 6.04 Å². The predicted molar refractivity (Wildman–Crippen MR) is 82.9 cm³/mol. The van der Waals surface area contributed by atoms with Crippen molar-refractivity contribution in [2.75, 3.05) is 24.5 Å². The van der Waals surface area contributed by atoms with Crippen LogP contribution in [0, 0.1) is 0 Å². The minimum absolute atomic E-state index is 0.0108. The highest BCUT2D eigenvalue weighted by atomic mass is 15.3. The van der Waals surface area contributed by atoms with E-state index in [4.69, 9.17) is 5.73 Å². The molecule has 0 aromatic carbocycles. The molecule has 110 valence electrons. The summed E-state index contributed by atoms with van der Waals surface area (Å²) in [6.45, 7) is 7.90. The van der Waals surface area contributed by atoms with Gasteiger partial charge in [-0.2, -0.15) is 0 Å². The van der Waals surface area contributed by atoms with Gasteiger partial charge >= 0.3 is 0 Å². The summed E-state index contributed by atoms with van der Waals surface area (Å²) in [4.78, 5) is 9.70. The van der Waals surface area contributed by atoms with Crippen LogP contribution in [-0.2, 0) is 0 Å². The lowest BCUT2D eigenvalue weighted by Crippen LogP contribution is -2.58. The average molecular weight is 274 g/mol. The van der Waals surface area contributed by atoms with E-state index in [1.165, 1.54) is 38.0 Å². The third-order valence-corrected chi connectivity index (χ3v) is 4.76. The van der Waals surface area contributed by atoms with E-state index in [2.05, 4.69) is 33.8 Å². The summed E-state index contributed by atoms with van der Waals surface area (Å²) in [7, 11) is 0. The molecule has 2 aliphatic heterocycles. The molecule has 3 heterocycles. The molecule has 2 saturated heterocycles. The summed E-state index contributed by atoms with van der Waals surface area (Å²) in [5, 5.41) is 0. The van der Waals surface area contributed by atoms with Crippen molar-refractivity contribution >= 4 is 5.69 Å². The van der Waals surface area contributed by atoms with Gasteiger partial charge in [-0.15, -0.1) is 0 Å². The second-order valence-corrected chi connectivity index (χ2v) is 6.38. The number of nitrogens with two attached hydrogens (primary N) is 1. The van der Waals surface area contributed by atoms with Crippen molar-refractivity contribution in [3.05, 3.63) is 24.0 Å². The lowest BCUT2D eigenvalue weighted by molar-refractivity contribution is 0.115. The number of rotatable bonds is 2. The van der Waals surface area contributed by atoms with Crippen LogP contribution in [0.5, 0.6) is 0 Å². The Balaban J connectivity index is 1.75. The molecule has 0 amide bonds. The van der Waals surface area contributed by atoms with Gasteiger partial charge in [-0.3, -0.25) is 9.88 Å². The van der Waals surface area contributed by atoms with Crippen molar-refractivity contribution < 1.29 is 0 Å². The first-order chi connectivity index (χ1) is 9.65. The van der Waals surface area contributed by atoms with Gasteiger partial charge in [-0.25, -0.2) is 0 Å². The predicted octanol–water partition coefficient (Wildman–Crippen LogP) is 2.16. The molecule has 1 aromatic heterocycles. The Hall–Kier alpha value is -1.13. The van der Waals surface area contributed by atoms with Crippen LogP contribution in [0.1, 0.15) is 44.8 Å². The topological polar surface area (TPSA) is 45.4 Å². The molecule has 0 spiro atoms. The van der Waals surface area contributed by atoms with Crippen LogP contribution < -0.4 is 10.6 Å². The van der Waals surface area contributed by atoms with Gasteiger partial charge < -0.3 is 10.6 Å². The van der Waals surface area contributed by atoms with Crippen molar-refractivity contribution in [1.82, 2.24) is 9.88 Å². The van der Waals surface area contributed by atoms with E-state index in [9.17, 15) is 0 Å². The largest absolute Gasteiger partial charge is 0.365 e. The molecule has 20 heavy (non-hydrogen) atoms. The molecule has 0 radical (unpaired) electrons. The van der Waals surface area contributed by atoms with E-state index < -0.39 is 0 Å². The van der Waals surface area contributed by atoms with Gasteiger partial charge in [0.15, 0.2) is 0 Å². The van der Waals surface area contributed by atoms with Crippen LogP contribution in [0.2, 0.25) is 0 Å². The second-order valence-electron chi connectivity index (χ2n) is 6.38. The molecular weight excluding hydrogens is 248 g/mol. The van der Waals surface area contributed by atoms with Crippen LogP contribution in [0.15, 0.2) is 18.3 Å². The van der Waals surface area contributed by atoms with Crippen molar-refractivity contribution in [3.63, 3.8) is 0 Å². The third-order valence-electron chi connectivity index (χ3n) is 4.76. The number of hydrogen-bond donors (Lipinski definition) is 1. The fourth-order valence-corrected chi connectivity index (χ4v) is 3.55. The lowest BCUT2D eigenvalue weighted by atomic mass is 9.97. The summed E-state index contributed by atoms with van der Waals surface area (Å²) in [6, 6.07) is 5.55. The number of aromatic nitrogens is 1. The Labute approximate surface area is 122 Å². The molecule has 1 aromatic rings. The van der Waals surface area contributed by atoms with Crippen LogP contribution in [0.25, 0.3) is 0 Å². The van der Waals surface area contributed by atoms with E-state index in [1.807, 2.05) is 13.1 Å². The summed E-state index contributed by atoms with van der Waals surface area (Å²) >= 11 is 0. The molecule has 2 unspecified atom stereocenters. The molecule has 0 aliphatic carbocycles.